The first-order chi connectivity index (χ1) is 27.1. The first-order valence-electron chi connectivity index (χ1n) is 23.8. The van der Waals surface area contributed by atoms with Crippen molar-refractivity contribution in [1.29, 1.82) is 0 Å². The maximum Gasteiger partial charge on any atom is 0.233 e. The van der Waals surface area contributed by atoms with Crippen molar-refractivity contribution in [3.05, 3.63) is 0 Å². The molecule has 0 spiro atoms. The Bertz CT molecular complexity index is 1460. The predicted molar refractivity (Wildman–Crippen MR) is 228 cm³/mol. The fourth-order valence-corrected chi connectivity index (χ4v) is 13.0. The van der Waals surface area contributed by atoms with Gasteiger partial charge in [0.25, 0.3) is 0 Å². The van der Waals surface area contributed by atoms with E-state index in [9.17, 15) is 14.4 Å². The number of carbonyl (C=O) groups is 4. The molecular formula is C48H82N4O6. The van der Waals surface area contributed by atoms with Crippen molar-refractivity contribution in [2.24, 2.45) is 35.5 Å². The van der Waals surface area contributed by atoms with Crippen LogP contribution in [-0.2, 0) is 28.9 Å². The summed E-state index contributed by atoms with van der Waals surface area (Å²) in [6.45, 7) is 25.9. The molecule has 6 fully saturated rings. The Morgan fingerprint density at radius 3 is 1.34 bits per heavy atom. The average molecular weight is 811 g/mol. The van der Waals surface area contributed by atoms with E-state index in [0.717, 1.165) is 32.1 Å². The number of nitrogens with zero attached hydrogens (tertiary/aromatic N) is 4. The number of imide groups is 2. The van der Waals surface area contributed by atoms with Crippen molar-refractivity contribution in [2.75, 3.05) is 0 Å². The van der Waals surface area contributed by atoms with Crippen LogP contribution in [-0.4, -0.2) is 90.0 Å². The van der Waals surface area contributed by atoms with Gasteiger partial charge in [0.2, 0.25) is 23.6 Å². The van der Waals surface area contributed by atoms with Gasteiger partial charge in [-0.15, -0.1) is 0 Å². The lowest BCUT2D eigenvalue weighted by molar-refractivity contribution is -0.313. The molecule has 10 heteroatoms. The van der Waals surface area contributed by atoms with E-state index in [4.69, 9.17) is 9.68 Å². The molecule has 4 amide bonds. The molecule has 330 valence electrons. The second kappa shape index (κ2) is 17.5. The van der Waals surface area contributed by atoms with Crippen LogP contribution in [0.25, 0.3) is 0 Å². The fraction of sp³-hybridized carbons (Fsp3) is 0.917. The Morgan fingerprint density at radius 1 is 0.552 bits per heavy atom. The zero-order valence-corrected chi connectivity index (χ0v) is 38.7. The average Bonchev–Trinajstić information content (AvgIpc) is 3.51. The highest BCUT2D eigenvalue weighted by atomic mass is 16.7. The molecule has 4 aliphatic heterocycles. The summed E-state index contributed by atoms with van der Waals surface area (Å²) in [5.41, 5.74) is -1.50. The quantitative estimate of drug-likeness (QED) is 0.170. The third kappa shape index (κ3) is 9.02. The van der Waals surface area contributed by atoms with Crippen molar-refractivity contribution in [3.63, 3.8) is 0 Å². The van der Waals surface area contributed by atoms with Crippen LogP contribution in [0, 0.1) is 35.5 Å². The summed E-state index contributed by atoms with van der Waals surface area (Å²) in [4.78, 5) is 75.5. The molecule has 6 atom stereocenters. The monoisotopic (exact) mass is 811 g/mol. The van der Waals surface area contributed by atoms with E-state index in [-0.39, 0.29) is 81.9 Å². The summed E-state index contributed by atoms with van der Waals surface area (Å²) < 4.78 is 0. The smallest absolute Gasteiger partial charge is 0.233 e. The summed E-state index contributed by atoms with van der Waals surface area (Å²) in [5, 5.41) is 4.39. The summed E-state index contributed by atoms with van der Waals surface area (Å²) in [6.07, 6.45) is 17.3. The van der Waals surface area contributed by atoms with Crippen molar-refractivity contribution < 1.29 is 28.9 Å². The van der Waals surface area contributed by atoms with Crippen molar-refractivity contribution in [3.8, 4) is 0 Å². The van der Waals surface area contributed by atoms with E-state index in [1.54, 1.807) is 9.80 Å². The van der Waals surface area contributed by atoms with E-state index < -0.39 is 23.7 Å². The van der Waals surface area contributed by atoms with Crippen LogP contribution >= 0.6 is 0 Å². The topological polar surface area (TPSA) is 99.7 Å². The highest BCUT2D eigenvalue weighted by Gasteiger charge is 2.59. The fourth-order valence-electron chi connectivity index (χ4n) is 13.0. The Hall–Kier alpha value is -1.88. The van der Waals surface area contributed by atoms with Gasteiger partial charge in [-0.25, -0.2) is 0 Å². The van der Waals surface area contributed by atoms with Crippen LogP contribution in [0.5, 0.6) is 0 Å². The minimum atomic E-state index is -0.514. The summed E-state index contributed by atoms with van der Waals surface area (Å²) in [5.74, 6) is -2.13. The van der Waals surface area contributed by atoms with E-state index in [2.05, 4.69) is 86.3 Å². The van der Waals surface area contributed by atoms with Gasteiger partial charge in [-0.05, 0) is 131 Å². The molecule has 6 unspecified atom stereocenters. The number of hydrogen-bond donors (Lipinski definition) is 0. The number of piperidine rings is 2. The molecule has 6 rings (SSSR count). The molecule has 0 aromatic rings. The van der Waals surface area contributed by atoms with Gasteiger partial charge in [-0.2, -0.15) is 10.1 Å². The zero-order valence-electron chi connectivity index (χ0n) is 38.7. The second-order valence-corrected chi connectivity index (χ2v) is 22.5. The van der Waals surface area contributed by atoms with Crippen LogP contribution < -0.4 is 0 Å². The molecular weight excluding hydrogens is 729 g/mol. The van der Waals surface area contributed by atoms with E-state index in [1.165, 1.54) is 38.5 Å². The molecule has 4 saturated heterocycles. The maximum absolute atomic E-state index is 15.0. The lowest BCUT2D eigenvalue weighted by atomic mass is 9.73. The first kappa shape index (κ1) is 45.6. The number of carbonyl (C=O) groups excluding carboxylic acids is 4. The number of likely N-dealkylation sites (tertiary alicyclic amines) is 2. The summed E-state index contributed by atoms with van der Waals surface area (Å²) >= 11 is 0. The predicted octanol–water partition coefficient (Wildman–Crippen LogP) is 9.63. The van der Waals surface area contributed by atoms with Gasteiger partial charge >= 0.3 is 0 Å². The molecule has 0 N–H and O–H groups in total. The lowest BCUT2D eigenvalue weighted by Gasteiger charge is -2.56. The Labute approximate surface area is 352 Å². The van der Waals surface area contributed by atoms with Gasteiger partial charge in [0.1, 0.15) is 0 Å². The zero-order chi connectivity index (χ0) is 42.5. The highest BCUT2D eigenvalue weighted by Crippen LogP contribution is 2.49. The highest BCUT2D eigenvalue weighted by molar-refractivity contribution is 6.06. The molecule has 58 heavy (non-hydrogen) atoms. The molecule has 6 aliphatic rings. The van der Waals surface area contributed by atoms with Gasteiger partial charge < -0.3 is 0 Å². The van der Waals surface area contributed by atoms with E-state index >= 15 is 4.79 Å². The third-order valence-electron chi connectivity index (χ3n) is 15.7. The van der Waals surface area contributed by atoms with Crippen molar-refractivity contribution in [1.82, 2.24) is 19.9 Å². The molecule has 2 saturated carbocycles. The maximum atomic E-state index is 15.0. The molecule has 0 bridgehead atoms. The van der Waals surface area contributed by atoms with Gasteiger partial charge in [-0.3, -0.25) is 38.7 Å². The van der Waals surface area contributed by atoms with Gasteiger partial charge in [0, 0.05) is 40.2 Å². The molecule has 0 radical (unpaired) electrons. The number of hydroxylamine groups is 4. The standard InChI is InChI=1S/C48H82N4O6/c1-13-31(3)25-39-40(44(56)50(43(39)55)35-29-47(9,10)52(48(11,12)30-35)58-37-23-19-16-20-24-37)33(14-2)26-38-32(4)41(53)49(42(38)54)34-27-45(5,6)51(46(7,8)28-34)57-36-21-17-15-18-22-36/h31-40H,13-30H2,1-12H3. The van der Waals surface area contributed by atoms with Gasteiger partial charge in [0.15, 0.2) is 0 Å². The normalized spacial score (nSPS) is 33.0. The SMILES string of the molecule is CCC(C)CC1C(=O)N(C2CC(C)(C)N(OC3CCCCC3)C(C)(C)C2)C(=O)C1C(CC)CC1C(=O)N(C2CC(C)(C)N(OC3CCCCC3)C(C)(C)C2)C(=O)C1C. The van der Waals surface area contributed by atoms with E-state index in [0.29, 0.717) is 44.9 Å². The van der Waals surface area contributed by atoms with Crippen LogP contribution in [0.15, 0.2) is 0 Å². The Balaban J connectivity index is 1.21. The summed E-state index contributed by atoms with van der Waals surface area (Å²) in [7, 11) is 0. The summed E-state index contributed by atoms with van der Waals surface area (Å²) in [6, 6.07) is -0.464. The van der Waals surface area contributed by atoms with Crippen molar-refractivity contribution >= 4 is 23.6 Å². The lowest BCUT2D eigenvalue weighted by Crippen LogP contribution is -2.65. The molecule has 4 heterocycles. The largest absolute Gasteiger partial charge is 0.295 e. The number of amides is 4. The second-order valence-electron chi connectivity index (χ2n) is 22.5. The van der Waals surface area contributed by atoms with Gasteiger partial charge in [0.05, 0.1) is 30.0 Å². The number of hydrogen-bond acceptors (Lipinski definition) is 8. The minimum Gasteiger partial charge on any atom is -0.295 e. The molecule has 2 aliphatic carbocycles. The minimum absolute atomic E-state index is 0.0397. The van der Waals surface area contributed by atoms with Gasteiger partial charge in [-0.1, -0.05) is 79.1 Å². The van der Waals surface area contributed by atoms with Crippen LogP contribution in [0.4, 0.5) is 0 Å². The van der Waals surface area contributed by atoms with E-state index in [1.807, 2.05) is 6.92 Å². The number of rotatable bonds is 13. The third-order valence-corrected chi connectivity index (χ3v) is 15.7. The Morgan fingerprint density at radius 2 is 0.948 bits per heavy atom. The Kier molecular flexibility index (Phi) is 13.8. The first-order valence-corrected chi connectivity index (χ1v) is 23.8. The van der Waals surface area contributed by atoms with Crippen molar-refractivity contribution in [2.45, 2.75) is 245 Å². The molecule has 10 nitrogen and oxygen atoms in total. The molecule has 0 aromatic heterocycles. The van der Waals surface area contributed by atoms with Crippen LogP contribution in [0.2, 0.25) is 0 Å². The van der Waals surface area contributed by atoms with Crippen LogP contribution in [0.3, 0.4) is 0 Å². The van der Waals surface area contributed by atoms with Crippen LogP contribution in [0.1, 0.15) is 199 Å². The molecule has 0 aromatic carbocycles.